The monoisotopic (exact) mass is 290 g/mol. The standard InChI is InChI=1S/C15H18N2O2S/c1-12(11-16)20(18,19)17-15-9-7-14(8-10-15)13-5-3-2-4-6-13/h2-10,12,17H,11,16H2,1H3. The average molecular weight is 290 g/mol. The highest BCUT2D eigenvalue weighted by Crippen LogP contribution is 2.21. The quantitative estimate of drug-likeness (QED) is 0.888. The van der Waals surface area contributed by atoms with E-state index >= 15 is 0 Å². The number of nitrogens with one attached hydrogen (secondary N) is 1. The predicted molar refractivity (Wildman–Crippen MR) is 82.9 cm³/mol. The van der Waals surface area contributed by atoms with Crippen molar-refractivity contribution in [1.29, 1.82) is 0 Å². The molecule has 1 atom stereocenters. The first-order chi connectivity index (χ1) is 9.53. The summed E-state index contributed by atoms with van der Waals surface area (Å²) in [5.74, 6) is 0. The molecule has 0 aliphatic heterocycles. The summed E-state index contributed by atoms with van der Waals surface area (Å²) in [5, 5.41) is -0.615. The van der Waals surface area contributed by atoms with Gasteiger partial charge in [-0.3, -0.25) is 4.72 Å². The molecule has 1 unspecified atom stereocenters. The van der Waals surface area contributed by atoms with Gasteiger partial charge in [0.05, 0.1) is 5.25 Å². The van der Waals surface area contributed by atoms with E-state index in [-0.39, 0.29) is 6.54 Å². The number of hydrogen-bond acceptors (Lipinski definition) is 3. The van der Waals surface area contributed by atoms with Gasteiger partial charge in [0.15, 0.2) is 0 Å². The molecular weight excluding hydrogens is 272 g/mol. The lowest BCUT2D eigenvalue weighted by Crippen LogP contribution is -2.31. The van der Waals surface area contributed by atoms with Crippen LogP contribution in [0, 0.1) is 0 Å². The van der Waals surface area contributed by atoms with Crippen LogP contribution in [0.1, 0.15) is 6.92 Å². The molecule has 0 spiro atoms. The summed E-state index contributed by atoms with van der Waals surface area (Å²) in [6, 6.07) is 17.2. The van der Waals surface area contributed by atoms with Gasteiger partial charge in [-0.15, -0.1) is 0 Å². The predicted octanol–water partition coefficient (Wildman–Crippen LogP) is 2.44. The first-order valence-electron chi connectivity index (χ1n) is 6.40. The summed E-state index contributed by atoms with van der Waals surface area (Å²) in [5.41, 5.74) is 8.08. The Morgan fingerprint density at radius 1 is 1.00 bits per heavy atom. The van der Waals surface area contributed by atoms with E-state index in [1.54, 1.807) is 19.1 Å². The van der Waals surface area contributed by atoms with Gasteiger partial charge in [0.1, 0.15) is 0 Å². The molecule has 4 nitrogen and oxygen atoms in total. The van der Waals surface area contributed by atoms with Crippen LogP contribution in [0.15, 0.2) is 54.6 Å². The lowest BCUT2D eigenvalue weighted by atomic mass is 10.1. The molecule has 5 heteroatoms. The zero-order chi connectivity index (χ0) is 14.6. The zero-order valence-electron chi connectivity index (χ0n) is 11.3. The molecule has 0 radical (unpaired) electrons. The molecular formula is C15H18N2O2S. The second-order valence-corrected chi connectivity index (χ2v) is 6.74. The van der Waals surface area contributed by atoms with Gasteiger partial charge in [0.25, 0.3) is 0 Å². The Kier molecular flexibility index (Phi) is 4.42. The van der Waals surface area contributed by atoms with Crippen molar-refractivity contribution in [3.05, 3.63) is 54.6 Å². The van der Waals surface area contributed by atoms with Gasteiger partial charge in [-0.05, 0) is 30.2 Å². The lowest BCUT2D eigenvalue weighted by Gasteiger charge is -2.13. The van der Waals surface area contributed by atoms with Crippen molar-refractivity contribution in [2.45, 2.75) is 12.2 Å². The van der Waals surface area contributed by atoms with E-state index in [4.69, 9.17) is 5.73 Å². The second kappa shape index (κ2) is 6.07. The molecule has 2 rings (SSSR count). The third-order valence-electron chi connectivity index (χ3n) is 3.11. The topological polar surface area (TPSA) is 72.2 Å². The Bertz CT molecular complexity index is 652. The highest BCUT2D eigenvalue weighted by atomic mass is 32.2. The van der Waals surface area contributed by atoms with Crippen LogP contribution in [0.25, 0.3) is 11.1 Å². The van der Waals surface area contributed by atoms with Crippen molar-refractivity contribution < 1.29 is 8.42 Å². The molecule has 3 N–H and O–H groups in total. The Morgan fingerprint density at radius 3 is 2.10 bits per heavy atom. The van der Waals surface area contributed by atoms with Crippen molar-refractivity contribution in [2.24, 2.45) is 5.73 Å². The number of nitrogens with two attached hydrogens (primary N) is 1. The number of hydrogen-bond donors (Lipinski definition) is 2. The number of sulfonamides is 1. The van der Waals surface area contributed by atoms with Crippen LogP contribution < -0.4 is 10.5 Å². The maximum absolute atomic E-state index is 11.9. The van der Waals surface area contributed by atoms with Gasteiger partial charge in [0, 0.05) is 12.2 Å². The highest BCUT2D eigenvalue weighted by molar-refractivity contribution is 7.93. The van der Waals surface area contributed by atoms with Crippen LogP contribution in [-0.4, -0.2) is 20.2 Å². The highest BCUT2D eigenvalue weighted by Gasteiger charge is 2.18. The smallest absolute Gasteiger partial charge is 0.236 e. The first-order valence-corrected chi connectivity index (χ1v) is 7.95. The molecule has 2 aromatic rings. The molecule has 0 bridgehead atoms. The van der Waals surface area contributed by atoms with Crippen molar-refractivity contribution >= 4 is 15.7 Å². The van der Waals surface area contributed by atoms with E-state index in [2.05, 4.69) is 4.72 Å². The molecule has 0 saturated carbocycles. The Hall–Kier alpha value is -1.85. The van der Waals surface area contributed by atoms with Crippen LogP contribution in [-0.2, 0) is 10.0 Å². The maximum atomic E-state index is 11.9. The van der Waals surface area contributed by atoms with E-state index in [0.29, 0.717) is 5.69 Å². The SMILES string of the molecule is CC(CN)S(=O)(=O)Nc1ccc(-c2ccccc2)cc1. The third-order valence-corrected chi connectivity index (χ3v) is 4.89. The van der Waals surface area contributed by atoms with Crippen LogP contribution >= 0.6 is 0 Å². The summed E-state index contributed by atoms with van der Waals surface area (Å²) in [4.78, 5) is 0. The Morgan fingerprint density at radius 2 is 1.55 bits per heavy atom. The Balaban J connectivity index is 2.18. The molecule has 0 fully saturated rings. The molecule has 0 aliphatic rings. The molecule has 0 aromatic heterocycles. The van der Waals surface area contributed by atoms with Crippen LogP contribution in [0.2, 0.25) is 0 Å². The number of rotatable bonds is 5. The molecule has 0 aliphatic carbocycles. The molecule has 0 saturated heterocycles. The fourth-order valence-corrected chi connectivity index (χ4v) is 2.67. The van der Waals surface area contributed by atoms with E-state index in [1.165, 1.54) is 0 Å². The van der Waals surface area contributed by atoms with Gasteiger partial charge in [-0.2, -0.15) is 0 Å². The van der Waals surface area contributed by atoms with Gasteiger partial charge in [0.2, 0.25) is 10.0 Å². The average Bonchev–Trinajstić information content (AvgIpc) is 2.47. The minimum atomic E-state index is -3.42. The fourth-order valence-electron chi connectivity index (χ4n) is 1.75. The summed E-state index contributed by atoms with van der Waals surface area (Å²) < 4.78 is 26.3. The molecule has 2 aromatic carbocycles. The van der Waals surface area contributed by atoms with Crippen molar-refractivity contribution in [2.75, 3.05) is 11.3 Å². The van der Waals surface area contributed by atoms with Gasteiger partial charge in [-0.1, -0.05) is 42.5 Å². The molecule has 0 amide bonds. The molecule has 106 valence electrons. The summed E-state index contributed by atoms with van der Waals surface area (Å²) >= 11 is 0. The lowest BCUT2D eigenvalue weighted by molar-refractivity contribution is 0.589. The summed E-state index contributed by atoms with van der Waals surface area (Å²) in [6.07, 6.45) is 0. The minimum Gasteiger partial charge on any atom is -0.329 e. The van der Waals surface area contributed by atoms with Crippen LogP contribution in [0.3, 0.4) is 0 Å². The number of benzene rings is 2. The van der Waals surface area contributed by atoms with E-state index in [0.717, 1.165) is 11.1 Å². The third kappa shape index (κ3) is 3.37. The normalized spacial score (nSPS) is 12.9. The summed E-state index contributed by atoms with van der Waals surface area (Å²) in [6.45, 7) is 1.68. The fraction of sp³-hybridized carbons (Fsp3) is 0.200. The summed E-state index contributed by atoms with van der Waals surface area (Å²) in [7, 11) is -3.42. The van der Waals surface area contributed by atoms with Crippen molar-refractivity contribution in [3.8, 4) is 11.1 Å². The maximum Gasteiger partial charge on any atom is 0.236 e. The van der Waals surface area contributed by atoms with Crippen LogP contribution in [0.4, 0.5) is 5.69 Å². The van der Waals surface area contributed by atoms with Crippen molar-refractivity contribution in [3.63, 3.8) is 0 Å². The van der Waals surface area contributed by atoms with E-state index < -0.39 is 15.3 Å². The number of anilines is 1. The minimum absolute atomic E-state index is 0.0947. The van der Waals surface area contributed by atoms with E-state index in [1.807, 2.05) is 42.5 Å². The second-order valence-electron chi connectivity index (χ2n) is 4.64. The molecule has 20 heavy (non-hydrogen) atoms. The van der Waals surface area contributed by atoms with Gasteiger partial charge >= 0.3 is 0 Å². The van der Waals surface area contributed by atoms with E-state index in [9.17, 15) is 8.42 Å². The first kappa shape index (κ1) is 14.6. The van der Waals surface area contributed by atoms with Crippen molar-refractivity contribution in [1.82, 2.24) is 0 Å². The van der Waals surface area contributed by atoms with Crippen LogP contribution in [0.5, 0.6) is 0 Å². The van der Waals surface area contributed by atoms with Gasteiger partial charge < -0.3 is 5.73 Å². The molecule has 0 heterocycles. The zero-order valence-corrected chi connectivity index (χ0v) is 12.1. The Labute approximate surface area is 119 Å². The largest absolute Gasteiger partial charge is 0.329 e. The van der Waals surface area contributed by atoms with Gasteiger partial charge in [-0.25, -0.2) is 8.42 Å².